The molecule has 0 aliphatic heterocycles. The Morgan fingerprint density at radius 2 is 2.00 bits per heavy atom. The SMILES string of the molecule is CCOC(=O)c1c(C)oc2cc(Br)c(OCc3ccc([NH+]([O-])O)cc3)cc12. The molecule has 1 unspecified atom stereocenters. The number of rotatable bonds is 6. The molecule has 27 heavy (non-hydrogen) atoms. The Bertz CT molecular complexity index is 964. The van der Waals surface area contributed by atoms with E-state index in [0.717, 1.165) is 5.56 Å². The average Bonchev–Trinajstić information content (AvgIpc) is 2.94. The Balaban J connectivity index is 1.86. The van der Waals surface area contributed by atoms with Crippen LogP contribution in [0.25, 0.3) is 11.0 Å². The average molecular weight is 436 g/mol. The van der Waals surface area contributed by atoms with Gasteiger partial charge < -0.3 is 19.1 Å². The van der Waals surface area contributed by atoms with Crippen molar-refractivity contribution in [2.75, 3.05) is 6.61 Å². The van der Waals surface area contributed by atoms with Crippen LogP contribution in [-0.2, 0) is 11.3 Å². The molecule has 0 aliphatic carbocycles. The molecule has 8 heteroatoms. The molecular weight excluding hydrogens is 418 g/mol. The van der Waals surface area contributed by atoms with Gasteiger partial charge in [0.15, 0.2) is 5.69 Å². The number of fused-ring (bicyclic) bond motifs is 1. The first-order chi connectivity index (χ1) is 12.9. The number of ether oxygens (including phenoxy) is 2. The van der Waals surface area contributed by atoms with Crippen LogP contribution in [0.2, 0.25) is 0 Å². The van der Waals surface area contributed by atoms with Crippen molar-refractivity contribution in [3.05, 3.63) is 63.0 Å². The lowest BCUT2D eigenvalue weighted by molar-refractivity contribution is -0.991. The smallest absolute Gasteiger partial charge is 0.342 e. The second-order valence-electron chi connectivity index (χ2n) is 5.82. The van der Waals surface area contributed by atoms with Crippen molar-refractivity contribution in [1.82, 2.24) is 0 Å². The highest BCUT2D eigenvalue weighted by Crippen LogP contribution is 2.35. The topological polar surface area (TPSA) is 96.4 Å². The van der Waals surface area contributed by atoms with E-state index in [9.17, 15) is 10.0 Å². The number of hydrogen-bond donors (Lipinski definition) is 2. The van der Waals surface area contributed by atoms with Crippen LogP contribution in [-0.4, -0.2) is 17.8 Å². The highest BCUT2D eigenvalue weighted by molar-refractivity contribution is 9.10. The van der Waals surface area contributed by atoms with Gasteiger partial charge in [0.25, 0.3) is 0 Å². The summed E-state index contributed by atoms with van der Waals surface area (Å²) >= 11 is 3.44. The van der Waals surface area contributed by atoms with Gasteiger partial charge in [-0.05, 0) is 59.6 Å². The van der Waals surface area contributed by atoms with Gasteiger partial charge in [0, 0.05) is 17.5 Å². The summed E-state index contributed by atoms with van der Waals surface area (Å²) in [5.41, 5.74) is 1.98. The molecule has 2 N–H and O–H groups in total. The second-order valence-corrected chi connectivity index (χ2v) is 6.68. The highest BCUT2D eigenvalue weighted by atomic mass is 79.9. The van der Waals surface area contributed by atoms with Crippen LogP contribution in [0.3, 0.4) is 0 Å². The summed E-state index contributed by atoms with van der Waals surface area (Å²) in [5, 5.41) is 19.5. The van der Waals surface area contributed by atoms with E-state index in [1.807, 2.05) is 0 Å². The first-order valence-corrected chi connectivity index (χ1v) is 9.04. The molecule has 0 amide bonds. The van der Waals surface area contributed by atoms with Gasteiger partial charge in [0.2, 0.25) is 0 Å². The third kappa shape index (κ3) is 4.14. The quantitative estimate of drug-likeness (QED) is 0.452. The summed E-state index contributed by atoms with van der Waals surface area (Å²) in [4.78, 5) is 12.2. The van der Waals surface area contributed by atoms with Gasteiger partial charge in [0.05, 0.1) is 11.1 Å². The predicted molar refractivity (Wildman–Crippen MR) is 101 cm³/mol. The minimum Gasteiger partial charge on any atom is -0.595 e. The van der Waals surface area contributed by atoms with E-state index in [2.05, 4.69) is 15.9 Å². The third-order valence-corrected chi connectivity index (χ3v) is 4.61. The third-order valence-electron chi connectivity index (χ3n) is 3.99. The fourth-order valence-electron chi connectivity index (χ4n) is 2.69. The Kier molecular flexibility index (Phi) is 5.81. The zero-order chi connectivity index (χ0) is 19.6. The second kappa shape index (κ2) is 8.10. The summed E-state index contributed by atoms with van der Waals surface area (Å²) in [6.45, 7) is 3.98. The summed E-state index contributed by atoms with van der Waals surface area (Å²) < 4.78 is 17.3. The first kappa shape index (κ1) is 19.4. The molecule has 0 saturated carbocycles. The Labute approximate surface area is 163 Å². The summed E-state index contributed by atoms with van der Waals surface area (Å²) in [6, 6.07) is 9.92. The molecule has 0 aliphatic rings. The number of halogens is 1. The monoisotopic (exact) mass is 435 g/mol. The molecule has 3 aromatic rings. The number of benzene rings is 2. The van der Waals surface area contributed by atoms with Crippen LogP contribution in [0.15, 0.2) is 45.3 Å². The van der Waals surface area contributed by atoms with Crippen molar-refractivity contribution in [3.63, 3.8) is 0 Å². The van der Waals surface area contributed by atoms with Gasteiger partial charge in [-0.2, -0.15) is 5.23 Å². The number of nitrogens with one attached hydrogen (secondary N) is 1. The van der Waals surface area contributed by atoms with Gasteiger partial charge in [0.1, 0.15) is 29.3 Å². The largest absolute Gasteiger partial charge is 0.595 e. The molecule has 0 radical (unpaired) electrons. The lowest BCUT2D eigenvalue weighted by Gasteiger charge is -2.12. The van der Waals surface area contributed by atoms with Gasteiger partial charge in [-0.25, -0.2) is 10.0 Å². The van der Waals surface area contributed by atoms with Crippen LogP contribution in [0.1, 0.15) is 28.6 Å². The first-order valence-electron chi connectivity index (χ1n) is 8.25. The Hall–Kier alpha value is -2.39. The fraction of sp³-hybridized carbons (Fsp3) is 0.211. The lowest BCUT2D eigenvalue weighted by Crippen LogP contribution is -2.99. The standard InChI is InChI=1S/C19H18BrNO6/c1-3-25-19(22)18-11(2)27-16-9-15(20)17(8-14(16)18)26-10-12-4-6-13(7-5-12)21(23)24/h4-9,21,23H,3,10H2,1-2H3. The zero-order valence-corrected chi connectivity index (χ0v) is 16.3. The van der Waals surface area contributed by atoms with E-state index in [-0.39, 0.29) is 18.9 Å². The van der Waals surface area contributed by atoms with Gasteiger partial charge in [-0.1, -0.05) is 0 Å². The molecule has 0 saturated heterocycles. The number of aryl methyl sites for hydroxylation is 1. The molecule has 0 fully saturated rings. The van der Waals surface area contributed by atoms with Crippen LogP contribution < -0.4 is 9.96 Å². The number of furan rings is 1. The minimum absolute atomic E-state index is 0.217. The molecule has 2 aromatic carbocycles. The zero-order valence-electron chi connectivity index (χ0n) is 14.7. The number of carbonyl (C=O) groups excluding carboxylic acids is 1. The maximum atomic E-state index is 12.2. The van der Waals surface area contributed by atoms with Crippen LogP contribution in [0, 0.1) is 12.1 Å². The van der Waals surface area contributed by atoms with Gasteiger partial charge in [-0.15, -0.1) is 0 Å². The van der Waals surface area contributed by atoms with Crippen LogP contribution >= 0.6 is 15.9 Å². The minimum atomic E-state index is -0.975. The molecule has 1 aromatic heterocycles. The van der Waals surface area contributed by atoms with Gasteiger partial charge >= 0.3 is 5.97 Å². The molecule has 0 spiro atoms. The molecule has 0 bridgehead atoms. The van der Waals surface area contributed by atoms with Crippen molar-refractivity contribution < 1.29 is 29.1 Å². The maximum absolute atomic E-state index is 12.2. The lowest BCUT2D eigenvalue weighted by atomic mass is 10.1. The van der Waals surface area contributed by atoms with E-state index >= 15 is 0 Å². The van der Waals surface area contributed by atoms with Crippen molar-refractivity contribution in [1.29, 1.82) is 0 Å². The van der Waals surface area contributed by atoms with Crippen molar-refractivity contribution in [2.24, 2.45) is 0 Å². The predicted octanol–water partition coefficient (Wildman–Crippen LogP) is 3.66. The molecule has 1 atom stereocenters. The van der Waals surface area contributed by atoms with Crippen molar-refractivity contribution in [2.45, 2.75) is 20.5 Å². The number of hydrogen-bond acceptors (Lipinski definition) is 6. The summed E-state index contributed by atoms with van der Waals surface area (Å²) in [5.74, 6) is 0.583. The van der Waals surface area contributed by atoms with Crippen molar-refractivity contribution in [3.8, 4) is 5.75 Å². The van der Waals surface area contributed by atoms with E-state index < -0.39 is 11.2 Å². The molecule has 1 heterocycles. The molecule has 142 valence electrons. The number of esters is 1. The Morgan fingerprint density at radius 3 is 2.63 bits per heavy atom. The van der Waals surface area contributed by atoms with Crippen molar-refractivity contribution >= 4 is 38.6 Å². The van der Waals surface area contributed by atoms with E-state index in [0.29, 0.717) is 32.5 Å². The van der Waals surface area contributed by atoms with Crippen LogP contribution in [0.5, 0.6) is 5.75 Å². The van der Waals surface area contributed by atoms with Gasteiger partial charge in [-0.3, -0.25) is 0 Å². The molecular formula is C19H18BrNO6. The summed E-state index contributed by atoms with van der Waals surface area (Å²) in [7, 11) is 0. The maximum Gasteiger partial charge on any atom is 0.342 e. The molecule has 3 rings (SSSR count). The summed E-state index contributed by atoms with van der Waals surface area (Å²) in [6.07, 6.45) is 0. The molecule has 7 nitrogen and oxygen atoms in total. The fourth-order valence-corrected chi connectivity index (χ4v) is 3.13. The van der Waals surface area contributed by atoms with E-state index in [4.69, 9.17) is 19.1 Å². The highest BCUT2D eigenvalue weighted by Gasteiger charge is 2.21. The number of carbonyl (C=O) groups is 1. The number of quaternary nitrogens is 1. The van der Waals surface area contributed by atoms with E-state index in [1.165, 1.54) is 12.1 Å². The normalized spacial score (nSPS) is 12.2. The van der Waals surface area contributed by atoms with Crippen LogP contribution in [0.4, 0.5) is 5.69 Å². The Morgan fingerprint density at radius 1 is 1.30 bits per heavy atom. The van der Waals surface area contributed by atoms with E-state index in [1.54, 1.807) is 38.1 Å².